The fraction of sp³-hybridized carbons (Fsp3) is 0.800. The number of ether oxygens (including phenoxy) is 2. The molecule has 1 aliphatic carbocycles. The first-order valence-corrected chi connectivity index (χ1v) is 4.78. The van der Waals surface area contributed by atoms with Gasteiger partial charge in [-0.3, -0.25) is 9.59 Å². The minimum Gasteiger partial charge on any atom is -0.468 e. The number of hydrogen-bond donors (Lipinski definition) is 0. The number of carbonyl (C=O) groups is 2. The summed E-state index contributed by atoms with van der Waals surface area (Å²) in [6.45, 7) is 0.418. The van der Waals surface area contributed by atoms with E-state index in [2.05, 4.69) is 4.74 Å². The van der Waals surface area contributed by atoms with Gasteiger partial charge in [0.05, 0.1) is 7.11 Å². The molecule has 0 bridgehead atoms. The fourth-order valence-electron chi connectivity index (χ4n) is 1.98. The van der Waals surface area contributed by atoms with Crippen LogP contribution in [0.5, 0.6) is 0 Å². The summed E-state index contributed by atoms with van der Waals surface area (Å²) in [5, 5.41) is 0. The Morgan fingerprint density at radius 3 is 2.64 bits per heavy atom. The zero-order valence-electron chi connectivity index (χ0n) is 8.67. The maximum absolute atomic E-state index is 11.6. The van der Waals surface area contributed by atoms with Crippen LogP contribution in [0.25, 0.3) is 0 Å². The standard InChI is InChI=1S/C10H16O4/c1-13-7-6-10(9(12)14-2)5-3-4-8(10)11/h3-7H2,1-2H3. The van der Waals surface area contributed by atoms with E-state index in [9.17, 15) is 9.59 Å². The Bertz CT molecular complexity index is 236. The van der Waals surface area contributed by atoms with Crippen molar-refractivity contribution in [1.29, 1.82) is 0 Å². The maximum atomic E-state index is 11.6. The molecular weight excluding hydrogens is 184 g/mol. The number of hydrogen-bond acceptors (Lipinski definition) is 4. The van der Waals surface area contributed by atoms with E-state index < -0.39 is 11.4 Å². The van der Waals surface area contributed by atoms with Crippen LogP contribution in [0.2, 0.25) is 0 Å². The Kier molecular flexibility index (Phi) is 3.63. The average Bonchev–Trinajstić information content (AvgIpc) is 2.57. The third-order valence-electron chi connectivity index (χ3n) is 2.85. The van der Waals surface area contributed by atoms with Gasteiger partial charge < -0.3 is 9.47 Å². The second kappa shape index (κ2) is 4.55. The Hall–Kier alpha value is -0.900. The van der Waals surface area contributed by atoms with Gasteiger partial charge >= 0.3 is 5.97 Å². The molecule has 14 heavy (non-hydrogen) atoms. The van der Waals surface area contributed by atoms with Gasteiger partial charge in [0.2, 0.25) is 0 Å². The van der Waals surface area contributed by atoms with Crippen molar-refractivity contribution in [3.05, 3.63) is 0 Å². The van der Waals surface area contributed by atoms with Gasteiger partial charge in [-0.15, -0.1) is 0 Å². The highest BCUT2D eigenvalue weighted by Gasteiger charge is 2.48. The molecule has 4 nitrogen and oxygen atoms in total. The van der Waals surface area contributed by atoms with Gasteiger partial charge in [0, 0.05) is 20.1 Å². The molecule has 1 rings (SSSR count). The average molecular weight is 200 g/mol. The van der Waals surface area contributed by atoms with Gasteiger partial charge in [-0.25, -0.2) is 0 Å². The Morgan fingerprint density at radius 1 is 1.50 bits per heavy atom. The molecule has 1 saturated carbocycles. The van der Waals surface area contributed by atoms with Crippen LogP contribution >= 0.6 is 0 Å². The molecule has 0 aromatic rings. The van der Waals surface area contributed by atoms with Gasteiger partial charge in [-0.2, -0.15) is 0 Å². The van der Waals surface area contributed by atoms with E-state index in [-0.39, 0.29) is 5.78 Å². The largest absolute Gasteiger partial charge is 0.468 e. The van der Waals surface area contributed by atoms with E-state index in [1.165, 1.54) is 7.11 Å². The van der Waals surface area contributed by atoms with Crippen LogP contribution in [0.3, 0.4) is 0 Å². The topological polar surface area (TPSA) is 52.6 Å². The van der Waals surface area contributed by atoms with Crippen molar-refractivity contribution < 1.29 is 19.1 Å². The third-order valence-corrected chi connectivity index (χ3v) is 2.85. The lowest BCUT2D eigenvalue weighted by Crippen LogP contribution is -2.37. The molecule has 1 unspecified atom stereocenters. The van der Waals surface area contributed by atoms with E-state index in [0.29, 0.717) is 25.9 Å². The van der Waals surface area contributed by atoms with Crippen LogP contribution in [-0.2, 0) is 19.1 Å². The minimum atomic E-state index is -0.912. The van der Waals surface area contributed by atoms with Crippen molar-refractivity contribution in [3.63, 3.8) is 0 Å². The van der Waals surface area contributed by atoms with E-state index in [0.717, 1.165) is 6.42 Å². The summed E-state index contributed by atoms with van der Waals surface area (Å²) in [6.07, 6.45) is 2.30. The zero-order chi connectivity index (χ0) is 10.6. The van der Waals surface area contributed by atoms with E-state index >= 15 is 0 Å². The van der Waals surface area contributed by atoms with Crippen molar-refractivity contribution in [2.24, 2.45) is 5.41 Å². The van der Waals surface area contributed by atoms with Crippen molar-refractivity contribution in [2.75, 3.05) is 20.8 Å². The van der Waals surface area contributed by atoms with E-state index in [1.54, 1.807) is 7.11 Å². The maximum Gasteiger partial charge on any atom is 0.319 e. The van der Waals surface area contributed by atoms with Gasteiger partial charge in [-0.1, -0.05) is 0 Å². The molecule has 0 radical (unpaired) electrons. The fourth-order valence-corrected chi connectivity index (χ4v) is 1.98. The highest BCUT2D eigenvalue weighted by molar-refractivity contribution is 6.05. The minimum absolute atomic E-state index is 0.00130. The third kappa shape index (κ3) is 1.80. The van der Waals surface area contributed by atoms with Crippen LogP contribution in [0.1, 0.15) is 25.7 Å². The first-order valence-electron chi connectivity index (χ1n) is 4.78. The molecule has 1 fully saturated rings. The van der Waals surface area contributed by atoms with Crippen LogP contribution in [0.15, 0.2) is 0 Å². The number of carbonyl (C=O) groups excluding carboxylic acids is 2. The number of Topliss-reactive ketones (excluding diaryl/α,β-unsaturated/α-hetero) is 1. The summed E-state index contributed by atoms with van der Waals surface area (Å²) >= 11 is 0. The highest BCUT2D eigenvalue weighted by Crippen LogP contribution is 2.39. The molecule has 1 aliphatic rings. The predicted octanol–water partition coefficient (Wildman–Crippen LogP) is 0.935. The zero-order valence-corrected chi connectivity index (χ0v) is 8.67. The summed E-state index contributed by atoms with van der Waals surface area (Å²) in [4.78, 5) is 23.2. The molecule has 0 N–H and O–H groups in total. The second-order valence-corrected chi connectivity index (χ2v) is 3.59. The van der Waals surface area contributed by atoms with Crippen LogP contribution in [0.4, 0.5) is 0 Å². The SMILES string of the molecule is COCCC1(C(=O)OC)CCCC1=O. The molecule has 1 atom stereocenters. The summed E-state index contributed by atoms with van der Waals surface area (Å²) in [5.74, 6) is -0.404. The summed E-state index contributed by atoms with van der Waals surface area (Å²) in [6, 6.07) is 0. The lowest BCUT2D eigenvalue weighted by atomic mass is 9.82. The Balaban J connectivity index is 2.78. The number of rotatable bonds is 4. The quantitative estimate of drug-likeness (QED) is 0.500. The molecule has 0 aromatic heterocycles. The monoisotopic (exact) mass is 200 g/mol. The van der Waals surface area contributed by atoms with Crippen LogP contribution < -0.4 is 0 Å². The van der Waals surface area contributed by atoms with E-state index in [1.807, 2.05) is 0 Å². The molecular formula is C10H16O4. The first kappa shape index (κ1) is 11.2. The van der Waals surface area contributed by atoms with Gasteiger partial charge in [-0.05, 0) is 19.3 Å². The second-order valence-electron chi connectivity index (χ2n) is 3.59. The molecule has 0 saturated heterocycles. The van der Waals surface area contributed by atoms with Crippen LogP contribution in [0, 0.1) is 5.41 Å². The lowest BCUT2D eigenvalue weighted by molar-refractivity contribution is -0.157. The number of methoxy groups -OCH3 is 2. The van der Waals surface area contributed by atoms with Gasteiger partial charge in [0.15, 0.2) is 0 Å². The predicted molar refractivity (Wildman–Crippen MR) is 49.8 cm³/mol. The summed E-state index contributed by atoms with van der Waals surface area (Å²) in [7, 11) is 2.88. The Labute approximate surface area is 83.6 Å². The smallest absolute Gasteiger partial charge is 0.319 e. The first-order chi connectivity index (χ1) is 6.67. The van der Waals surface area contributed by atoms with Crippen molar-refractivity contribution in [2.45, 2.75) is 25.7 Å². The summed E-state index contributed by atoms with van der Waals surface area (Å²) < 4.78 is 9.60. The van der Waals surface area contributed by atoms with Gasteiger partial charge in [0.1, 0.15) is 11.2 Å². The molecule has 0 spiro atoms. The lowest BCUT2D eigenvalue weighted by Gasteiger charge is -2.23. The molecule has 80 valence electrons. The highest BCUT2D eigenvalue weighted by atomic mass is 16.5. The molecule has 4 heteroatoms. The number of esters is 1. The van der Waals surface area contributed by atoms with Crippen molar-refractivity contribution in [3.8, 4) is 0 Å². The van der Waals surface area contributed by atoms with Crippen LogP contribution in [-0.4, -0.2) is 32.6 Å². The van der Waals surface area contributed by atoms with E-state index in [4.69, 9.17) is 4.74 Å². The van der Waals surface area contributed by atoms with Crippen molar-refractivity contribution >= 4 is 11.8 Å². The molecule has 0 aliphatic heterocycles. The summed E-state index contributed by atoms with van der Waals surface area (Å²) in [5.41, 5.74) is -0.912. The molecule has 0 aromatic carbocycles. The molecule has 0 amide bonds. The van der Waals surface area contributed by atoms with Gasteiger partial charge in [0.25, 0.3) is 0 Å². The van der Waals surface area contributed by atoms with Crippen molar-refractivity contribution in [1.82, 2.24) is 0 Å². The number of ketones is 1. The Morgan fingerprint density at radius 2 is 2.21 bits per heavy atom. The normalized spacial score (nSPS) is 26.6. The molecule has 0 heterocycles.